The zero-order chi connectivity index (χ0) is 18.4. The van der Waals surface area contributed by atoms with Crippen LogP contribution in [0.25, 0.3) is 0 Å². The zero-order valence-electron chi connectivity index (χ0n) is 14.4. The average molecular weight is 356 g/mol. The fourth-order valence-corrected chi connectivity index (χ4v) is 2.54. The van der Waals surface area contributed by atoms with Crippen molar-refractivity contribution in [2.45, 2.75) is 0 Å². The van der Waals surface area contributed by atoms with E-state index in [2.05, 4.69) is 20.4 Å². The molecule has 8 heteroatoms. The number of amides is 1. The molecule has 0 bridgehead atoms. The van der Waals surface area contributed by atoms with Crippen molar-refractivity contribution in [2.75, 3.05) is 38.3 Å². The van der Waals surface area contributed by atoms with Crippen molar-refractivity contribution in [2.24, 2.45) is 5.10 Å². The molecule has 0 radical (unpaired) electrons. The molecule has 0 aliphatic carbocycles. The molecular formula is C18H20N4O4. The number of aromatic nitrogens is 1. The Kier molecular flexibility index (Phi) is 5.65. The van der Waals surface area contributed by atoms with Crippen LogP contribution in [0.3, 0.4) is 0 Å². The summed E-state index contributed by atoms with van der Waals surface area (Å²) in [6, 6.07) is 8.32. The van der Waals surface area contributed by atoms with Gasteiger partial charge in [0.15, 0.2) is 0 Å². The first-order valence-corrected chi connectivity index (χ1v) is 8.16. The summed E-state index contributed by atoms with van der Waals surface area (Å²) in [6.45, 7) is 2.88. The molecule has 0 spiro atoms. The highest BCUT2D eigenvalue weighted by Gasteiger charge is 2.14. The first-order valence-electron chi connectivity index (χ1n) is 8.16. The molecule has 1 aliphatic rings. The van der Waals surface area contributed by atoms with E-state index in [1.54, 1.807) is 24.4 Å². The second-order valence-corrected chi connectivity index (χ2v) is 5.62. The Morgan fingerprint density at radius 2 is 2.15 bits per heavy atom. The van der Waals surface area contributed by atoms with E-state index in [0.29, 0.717) is 24.5 Å². The quantitative estimate of drug-likeness (QED) is 0.621. The molecule has 0 saturated carbocycles. The number of nitrogens with one attached hydrogen (secondary N) is 1. The van der Waals surface area contributed by atoms with Crippen LogP contribution >= 0.6 is 0 Å². The van der Waals surface area contributed by atoms with E-state index < -0.39 is 5.91 Å². The normalized spacial score (nSPS) is 14.4. The third-order valence-corrected chi connectivity index (χ3v) is 3.96. The lowest BCUT2D eigenvalue weighted by Gasteiger charge is -2.28. The Morgan fingerprint density at radius 1 is 1.35 bits per heavy atom. The van der Waals surface area contributed by atoms with Crippen LogP contribution in [0, 0.1) is 0 Å². The Balaban J connectivity index is 1.66. The molecule has 136 valence electrons. The van der Waals surface area contributed by atoms with Gasteiger partial charge in [0.2, 0.25) is 0 Å². The van der Waals surface area contributed by atoms with Crippen molar-refractivity contribution < 1.29 is 19.4 Å². The molecule has 2 heterocycles. The van der Waals surface area contributed by atoms with E-state index >= 15 is 0 Å². The molecule has 1 fully saturated rings. The fraction of sp³-hybridized carbons (Fsp3) is 0.278. The summed E-state index contributed by atoms with van der Waals surface area (Å²) in [5.41, 5.74) is 4.03. The van der Waals surface area contributed by atoms with Crippen molar-refractivity contribution in [3.8, 4) is 11.5 Å². The number of ether oxygens (including phenoxy) is 2. The van der Waals surface area contributed by atoms with Crippen LogP contribution in [-0.2, 0) is 4.74 Å². The number of aromatic hydroxyl groups is 1. The predicted molar refractivity (Wildman–Crippen MR) is 97.0 cm³/mol. The third kappa shape index (κ3) is 4.28. The number of morpholine rings is 1. The molecule has 1 aromatic carbocycles. The van der Waals surface area contributed by atoms with Gasteiger partial charge >= 0.3 is 0 Å². The van der Waals surface area contributed by atoms with E-state index in [0.717, 1.165) is 18.8 Å². The standard InChI is InChI=1S/C18H20N4O4/c1-25-15-2-3-17(23)13(10-15)12-20-21-18(24)16-11-14(4-5-19-16)22-6-8-26-9-7-22/h2-5,10-12,23H,6-9H2,1H3,(H,21,24). The van der Waals surface area contributed by atoms with Crippen LogP contribution in [0.15, 0.2) is 41.6 Å². The molecule has 1 saturated heterocycles. The van der Waals surface area contributed by atoms with Crippen LogP contribution < -0.4 is 15.1 Å². The lowest BCUT2D eigenvalue weighted by Crippen LogP contribution is -2.36. The summed E-state index contributed by atoms with van der Waals surface area (Å²) >= 11 is 0. The van der Waals surface area contributed by atoms with E-state index in [4.69, 9.17) is 9.47 Å². The highest BCUT2D eigenvalue weighted by molar-refractivity contribution is 5.94. The number of benzene rings is 1. The molecular weight excluding hydrogens is 336 g/mol. The second kappa shape index (κ2) is 8.30. The topological polar surface area (TPSA) is 96.3 Å². The number of hydrazone groups is 1. The van der Waals surface area contributed by atoms with Gasteiger partial charge in [0.25, 0.3) is 5.91 Å². The Hall–Kier alpha value is -3.13. The Labute approximate surface area is 151 Å². The van der Waals surface area contributed by atoms with Crippen LogP contribution in [0.1, 0.15) is 16.1 Å². The molecule has 0 unspecified atom stereocenters. The molecule has 0 atom stereocenters. The number of anilines is 1. The molecule has 2 N–H and O–H groups in total. The highest BCUT2D eigenvalue weighted by Crippen LogP contribution is 2.21. The maximum atomic E-state index is 12.3. The Bertz CT molecular complexity index is 804. The van der Waals surface area contributed by atoms with Gasteiger partial charge in [-0.15, -0.1) is 0 Å². The van der Waals surface area contributed by atoms with E-state index in [9.17, 15) is 9.90 Å². The number of carbonyl (C=O) groups is 1. The first kappa shape index (κ1) is 17.7. The van der Waals surface area contributed by atoms with Gasteiger partial charge in [-0.1, -0.05) is 0 Å². The van der Waals surface area contributed by atoms with E-state index in [-0.39, 0.29) is 11.4 Å². The number of rotatable bonds is 5. The third-order valence-electron chi connectivity index (χ3n) is 3.96. The number of methoxy groups -OCH3 is 1. The number of nitrogens with zero attached hydrogens (tertiary/aromatic N) is 3. The number of phenolic OH excluding ortho intramolecular Hbond substituents is 1. The number of phenols is 1. The number of pyridine rings is 1. The van der Waals surface area contributed by atoms with Gasteiger partial charge in [-0.3, -0.25) is 9.78 Å². The number of hydrogen-bond donors (Lipinski definition) is 2. The van der Waals surface area contributed by atoms with Crippen molar-refractivity contribution in [3.05, 3.63) is 47.8 Å². The minimum Gasteiger partial charge on any atom is -0.507 e. The van der Waals surface area contributed by atoms with Crippen LogP contribution in [-0.4, -0.2) is 55.6 Å². The molecule has 1 aromatic heterocycles. The zero-order valence-corrected chi connectivity index (χ0v) is 14.4. The predicted octanol–water partition coefficient (Wildman–Crippen LogP) is 1.40. The number of hydrogen-bond acceptors (Lipinski definition) is 7. The summed E-state index contributed by atoms with van der Waals surface area (Å²) in [4.78, 5) is 18.5. The molecule has 26 heavy (non-hydrogen) atoms. The smallest absolute Gasteiger partial charge is 0.290 e. The van der Waals surface area contributed by atoms with Crippen molar-refractivity contribution in [1.29, 1.82) is 0 Å². The summed E-state index contributed by atoms with van der Waals surface area (Å²) in [6.07, 6.45) is 2.94. The van der Waals surface area contributed by atoms with Gasteiger partial charge in [-0.2, -0.15) is 5.10 Å². The van der Waals surface area contributed by atoms with Gasteiger partial charge < -0.3 is 19.5 Å². The Morgan fingerprint density at radius 3 is 2.92 bits per heavy atom. The lowest BCUT2D eigenvalue weighted by atomic mass is 10.2. The summed E-state index contributed by atoms with van der Waals surface area (Å²) in [5, 5.41) is 13.7. The molecule has 8 nitrogen and oxygen atoms in total. The minimum absolute atomic E-state index is 0.0382. The van der Waals surface area contributed by atoms with Crippen LogP contribution in [0.4, 0.5) is 5.69 Å². The van der Waals surface area contributed by atoms with E-state index in [1.165, 1.54) is 19.4 Å². The fourth-order valence-electron chi connectivity index (χ4n) is 2.54. The van der Waals surface area contributed by atoms with Gasteiger partial charge in [0, 0.05) is 30.5 Å². The molecule has 1 amide bonds. The summed E-state index contributed by atoms with van der Waals surface area (Å²) in [5.74, 6) is 0.186. The van der Waals surface area contributed by atoms with Gasteiger partial charge in [0.05, 0.1) is 26.5 Å². The average Bonchev–Trinajstić information content (AvgIpc) is 2.70. The lowest BCUT2D eigenvalue weighted by molar-refractivity contribution is 0.0950. The van der Waals surface area contributed by atoms with Gasteiger partial charge in [0.1, 0.15) is 17.2 Å². The van der Waals surface area contributed by atoms with Crippen LogP contribution in [0.2, 0.25) is 0 Å². The molecule has 3 rings (SSSR count). The maximum Gasteiger partial charge on any atom is 0.290 e. The maximum absolute atomic E-state index is 12.3. The van der Waals surface area contributed by atoms with Crippen molar-refractivity contribution in [1.82, 2.24) is 10.4 Å². The minimum atomic E-state index is -0.432. The first-order chi connectivity index (χ1) is 12.7. The SMILES string of the molecule is COc1ccc(O)c(C=NNC(=O)c2cc(N3CCOCC3)ccn2)c1. The highest BCUT2D eigenvalue weighted by atomic mass is 16.5. The molecule has 1 aliphatic heterocycles. The van der Waals surface area contributed by atoms with E-state index in [1.807, 2.05) is 6.07 Å². The number of carbonyl (C=O) groups excluding carboxylic acids is 1. The monoisotopic (exact) mass is 356 g/mol. The summed E-state index contributed by atoms with van der Waals surface area (Å²) < 4.78 is 10.4. The summed E-state index contributed by atoms with van der Waals surface area (Å²) in [7, 11) is 1.53. The largest absolute Gasteiger partial charge is 0.507 e. The van der Waals surface area contributed by atoms with Crippen LogP contribution in [0.5, 0.6) is 11.5 Å². The van der Waals surface area contributed by atoms with Crippen molar-refractivity contribution in [3.63, 3.8) is 0 Å². The van der Waals surface area contributed by atoms with Gasteiger partial charge in [-0.05, 0) is 30.3 Å². The second-order valence-electron chi connectivity index (χ2n) is 5.62. The van der Waals surface area contributed by atoms with Gasteiger partial charge in [-0.25, -0.2) is 5.43 Å². The molecule has 2 aromatic rings. The van der Waals surface area contributed by atoms with Crippen molar-refractivity contribution >= 4 is 17.8 Å².